The van der Waals surface area contributed by atoms with Gasteiger partial charge in [0, 0.05) is 12.1 Å². The molecule has 0 unspecified atom stereocenters. The highest BCUT2D eigenvalue weighted by Crippen LogP contribution is 2.22. The van der Waals surface area contributed by atoms with E-state index in [1.165, 1.54) is 0 Å². The van der Waals surface area contributed by atoms with E-state index in [9.17, 15) is 0 Å². The van der Waals surface area contributed by atoms with Crippen LogP contribution in [0.4, 0.5) is 5.69 Å². The Balaban J connectivity index is 2.53. The van der Waals surface area contributed by atoms with Crippen LogP contribution in [-0.2, 0) is 0 Å². The lowest BCUT2D eigenvalue weighted by molar-refractivity contribution is 0.804. The third-order valence-corrected chi connectivity index (χ3v) is 2.13. The number of hydrogen-bond donors (Lipinski definition) is 1. The zero-order valence-electron chi connectivity index (χ0n) is 7.61. The molecule has 14 heavy (non-hydrogen) atoms. The predicted octanol–water partition coefficient (Wildman–Crippen LogP) is 1.96. The van der Waals surface area contributed by atoms with Crippen LogP contribution in [0.1, 0.15) is 0 Å². The molecule has 5 heteroatoms. The van der Waals surface area contributed by atoms with E-state index in [2.05, 4.69) is 15.6 Å². The molecule has 2 aromatic rings. The van der Waals surface area contributed by atoms with Crippen LogP contribution in [-0.4, -0.2) is 22.0 Å². The first-order valence-electron chi connectivity index (χ1n) is 4.15. The van der Waals surface area contributed by atoms with Gasteiger partial charge in [-0.1, -0.05) is 16.8 Å². The Hall–Kier alpha value is -1.55. The SMILES string of the molecule is CNc1cc(Cl)ccc1-n1ccnn1. The van der Waals surface area contributed by atoms with E-state index < -0.39 is 0 Å². The van der Waals surface area contributed by atoms with Crippen molar-refractivity contribution in [1.82, 2.24) is 15.0 Å². The highest BCUT2D eigenvalue weighted by molar-refractivity contribution is 6.31. The van der Waals surface area contributed by atoms with Crippen molar-refractivity contribution in [3.05, 3.63) is 35.6 Å². The lowest BCUT2D eigenvalue weighted by Crippen LogP contribution is -2.00. The summed E-state index contributed by atoms with van der Waals surface area (Å²) >= 11 is 5.87. The molecule has 0 radical (unpaired) electrons. The van der Waals surface area contributed by atoms with Crippen LogP contribution in [0.2, 0.25) is 5.02 Å². The second-order valence-corrected chi connectivity index (χ2v) is 3.20. The fraction of sp³-hybridized carbons (Fsp3) is 0.111. The molecule has 0 saturated carbocycles. The van der Waals surface area contributed by atoms with Gasteiger partial charge in [-0.05, 0) is 18.2 Å². The number of rotatable bonds is 2. The number of nitrogens with zero attached hydrogens (tertiary/aromatic N) is 3. The molecule has 0 aliphatic heterocycles. The Bertz CT molecular complexity index is 424. The van der Waals surface area contributed by atoms with E-state index >= 15 is 0 Å². The molecular formula is C9H9ClN4. The molecule has 0 amide bonds. The van der Waals surface area contributed by atoms with Gasteiger partial charge in [-0.3, -0.25) is 0 Å². The molecule has 0 aliphatic carbocycles. The van der Waals surface area contributed by atoms with E-state index in [0.29, 0.717) is 5.02 Å². The van der Waals surface area contributed by atoms with E-state index in [1.807, 2.05) is 25.2 Å². The van der Waals surface area contributed by atoms with Crippen molar-refractivity contribution in [2.45, 2.75) is 0 Å². The minimum absolute atomic E-state index is 0.693. The molecular weight excluding hydrogens is 200 g/mol. The average Bonchev–Trinajstić information content (AvgIpc) is 2.70. The smallest absolute Gasteiger partial charge is 0.0895 e. The average molecular weight is 209 g/mol. The van der Waals surface area contributed by atoms with Crippen molar-refractivity contribution in [3.63, 3.8) is 0 Å². The van der Waals surface area contributed by atoms with E-state index in [1.54, 1.807) is 17.1 Å². The van der Waals surface area contributed by atoms with Crippen molar-refractivity contribution in [3.8, 4) is 5.69 Å². The maximum absolute atomic E-state index is 5.87. The van der Waals surface area contributed by atoms with Crippen LogP contribution in [0.3, 0.4) is 0 Å². The Morgan fingerprint density at radius 1 is 1.43 bits per heavy atom. The van der Waals surface area contributed by atoms with Gasteiger partial charge in [0.05, 0.1) is 23.8 Å². The van der Waals surface area contributed by atoms with Crippen molar-refractivity contribution in [2.75, 3.05) is 12.4 Å². The lowest BCUT2D eigenvalue weighted by Gasteiger charge is -2.08. The summed E-state index contributed by atoms with van der Waals surface area (Å²) in [5.41, 5.74) is 1.84. The summed E-state index contributed by atoms with van der Waals surface area (Å²) in [4.78, 5) is 0. The van der Waals surface area contributed by atoms with Crippen LogP contribution < -0.4 is 5.32 Å². The van der Waals surface area contributed by atoms with Crippen molar-refractivity contribution >= 4 is 17.3 Å². The largest absolute Gasteiger partial charge is 0.386 e. The van der Waals surface area contributed by atoms with Crippen molar-refractivity contribution < 1.29 is 0 Å². The molecule has 0 spiro atoms. The zero-order valence-corrected chi connectivity index (χ0v) is 8.36. The summed E-state index contributed by atoms with van der Waals surface area (Å²) in [6.07, 6.45) is 3.41. The third kappa shape index (κ3) is 1.56. The van der Waals surface area contributed by atoms with Crippen LogP contribution in [0.25, 0.3) is 5.69 Å². The maximum atomic E-state index is 5.87. The minimum Gasteiger partial charge on any atom is -0.386 e. The number of anilines is 1. The number of hydrogen-bond acceptors (Lipinski definition) is 3. The van der Waals surface area contributed by atoms with Gasteiger partial charge in [-0.2, -0.15) is 0 Å². The van der Waals surface area contributed by atoms with Gasteiger partial charge >= 0.3 is 0 Å². The van der Waals surface area contributed by atoms with E-state index in [-0.39, 0.29) is 0 Å². The van der Waals surface area contributed by atoms with Gasteiger partial charge in [0.2, 0.25) is 0 Å². The van der Waals surface area contributed by atoms with Crippen molar-refractivity contribution in [1.29, 1.82) is 0 Å². The van der Waals surface area contributed by atoms with Gasteiger partial charge < -0.3 is 5.32 Å². The normalized spacial score (nSPS) is 10.1. The van der Waals surface area contributed by atoms with Crippen LogP contribution in [0.5, 0.6) is 0 Å². The standard InChI is InChI=1S/C9H9ClN4/c1-11-8-6-7(10)2-3-9(8)14-5-4-12-13-14/h2-6,11H,1H3. The molecule has 72 valence electrons. The first-order valence-corrected chi connectivity index (χ1v) is 4.53. The zero-order chi connectivity index (χ0) is 9.97. The summed E-state index contributed by atoms with van der Waals surface area (Å²) in [6, 6.07) is 5.56. The molecule has 0 saturated heterocycles. The lowest BCUT2D eigenvalue weighted by atomic mass is 10.2. The van der Waals surface area contributed by atoms with Gasteiger partial charge in [0.1, 0.15) is 0 Å². The van der Waals surface area contributed by atoms with Gasteiger partial charge in [0.25, 0.3) is 0 Å². The molecule has 0 bridgehead atoms. The highest BCUT2D eigenvalue weighted by atomic mass is 35.5. The Kier molecular flexibility index (Phi) is 2.37. The second kappa shape index (κ2) is 3.67. The van der Waals surface area contributed by atoms with Crippen LogP contribution >= 0.6 is 11.6 Å². The molecule has 1 heterocycles. The predicted molar refractivity (Wildman–Crippen MR) is 55.9 cm³/mol. The molecule has 1 N–H and O–H groups in total. The first-order chi connectivity index (χ1) is 6.81. The Labute approximate surface area is 86.5 Å². The molecule has 0 fully saturated rings. The number of halogens is 1. The van der Waals surface area contributed by atoms with E-state index in [4.69, 9.17) is 11.6 Å². The van der Waals surface area contributed by atoms with Gasteiger partial charge in [-0.15, -0.1) is 5.10 Å². The fourth-order valence-corrected chi connectivity index (χ4v) is 1.42. The minimum atomic E-state index is 0.693. The first kappa shape index (κ1) is 9.02. The fourth-order valence-electron chi connectivity index (χ4n) is 1.24. The van der Waals surface area contributed by atoms with Gasteiger partial charge in [-0.25, -0.2) is 4.68 Å². The second-order valence-electron chi connectivity index (χ2n) is 2.76. The monoisotopic (exact) mass is 208 g/mol. The molecule has 4 nitrogen and oxygen atoms in total. The topological polar surface area (TPSA) is 42.7 Å². The molecule has 0 atom stereocenters. The quantitative estimate of drug-likeness (QED) is 0.821. The summed E-state index contributed by atoms with van der Waals surface area (Å²) in [6.45, 7) is 0. The Morgan fingerprint density at radius 2 is 2.29 bits per heavy atom. The Morgan fingerprint density at radius 3 is 2.93 bits per heavy atom. The molecule has 0 aliphatic rings. The third-order valence-electron chi connectivity index (χ3n) is 1.90. The maximum Gasteiger partial charge on any atom is 0.0895 e. The van der Waals surface area contributed by atoms with Crippen LogP contribution in [0, 0.1) is 0 Å². The van der Waals surface area contributed by atoms with Gasteiger partial charge in [0.15, 0.2) is 0 Å². The summed E-state index contributed by atoms with van der Waals surface area (Å²) in [7, 11) is 1.84. The molecule has 1 aromatic heterocycles. The number of nitrogens with one attached hydrogen (secondary N) is 1. The molecule has 1 aromatic carbocycles. The number of benzene rings is 1. The number of aromatic nitrogens is 3. The molecule has 2 rings (SSSR count). The summed E-state index contributed by atoms with van der Waals surface area (Å²) < 4.78 is 1.68. The van der Waals surface area contributed by atoms with E-state index in [0.717, 1.165) is 11.4 Å². The summed E-state index contributed by atoms with van der Waals surface area (Å²) in [5.74, 6) is 0. The van der Waals surface area contributed by atoms with Crippen LogP contribution in [0.15, 0.2) is 30.6 Å². The summed E-state index contributed by atoms with van der Waals surface area (Å²) in [5, 5.41) is 11.4. The highest BCUT2D eigenvalue weighted by Gasteiger charge is 2.03. The van der Waals surface area contributed by atoms with Crippen molar-refractivity contribution in [2.24, 2.45) is 0 Å².